The molecule has 1 aliphatic rings. The van der Waals surface area contributed by atoms with Gasteiger partial charge in [-0.2, -0.15) is 0 Å². The normalized spacial score (nSPS) is 19.1. The Labute approximate surface area is 136 Å². The maximum atomic E-state index is 12.1. The first kappa shape index (κ1) is 15.4. The van der Waals surface area contributed by atoms with Crippen molar-refractivity contribution < 1.29 is 24.4 Å². The molecule has 1 atom stereocenters. The Balaban J connectivity index is 2.07. The van der Waals surface area contributed by atoms with E-state index in [1.165, 1.54) is 24.3 Å². The fourth-order valence-corrected chi connectivity index (χ4v) is 2.44. The lowest BCUT2D eigenvalue weighted by Gasteiger charge is -2.12. The summed E-state index contributed by atoms with van der Waals surface area (Å²) in [6, 6.07) is 13.5. The fraction of sp³-hybridized carbons (Fsp3) is 0.0588. The highest BCUT2D eigenvalue weighted by Crippen LogP contribution is 2.37. The van der Waals surface area contributed by atoms with E-state index in [0.717, 1.165) is 0 Å². The largest absolute Gasteiger partial charge is 0.507 e. The molecule has 7 nitrogen and oxygen atoms in total. The molecule has 1 aliphatic heterocycles. The van der Waals surface area contributed by atoms with Gasteiger partial charge in [0, 0.05) is 17.7 Å². The Bertz CT molecular complexity index is 854. The molecule has 0 aliphatic carbocycles. The minimum Gasteiger partial charge on any atom is -0.507 e. The highest BCUT2D eigenvalue weighted by atomic mass is 16.6. The average Bonchev–Trinajstić information content (AvgIpc) is 2.90. The molecule has 3 rings (SSSR count). The molecule has 0 bridgehead atoms. The molecule has 120 valence electrons. The smallest absolute Gasteiger partial charge is 0.380 e. The summed E-state index contributed by atoms with van der Waals surface area (Å²) in [4.78, 5) is 33.9. The molecule has 0 saturated carbocycles. The van der Waals surface area contributed by atoms with Crippen LogP contribution in [-0.2, 0) is 14.3 Å². The monoisotopic (exact) mass is 325 g/mol. The van der Waals surface area contributed by atoms with Crippen LogP contribution in [0.5, 0.6) is 0 Å². The van der Waals surface area contributed by atoms with Gasteiger partial charge in [0.1, 0.15) is 5.76 Å². The number of aliphatic hydroxyl groups excluding tert-OH is 1. The second-order valence-electron chi connectivity index (χ2n) is 5.09. The minimum absolute atomic E-state index is 0.132. The molecule has 0 amide bonds. The van der Waals surface area contributed by atoms with Gasteiger partial charge in [0.25, 0.3) is 11.5 Å². The molecular weight excluding hydrogens is 314 g/mol. The van der Waals surface area contributed by atoms with Gasteiger partial charge in [-0.25, -0.2) is 4.79 Å². The maximum Gasteiger partial charge on any atom is 0.380 e. The lowest BCUT2D eigenvalue weighted by molar-refractivity contribution is -0.384. The second-order valence-corrected chi connectivity index (χ2v) is 5.09. The van der Waals surface area contributed by atoms with Crippen molar-refractivity contribution in [2.24, 2.45) is 0 Å². The van der Waals surface area contributed by atoms with Gasteiger partial charge in [-0.15, -0.1) is 0 Å². The predicted octanol–water partition coefficient (Wildman–Crippen LogP) is 2.73. The molecule has 1 fully saturated rings. The maximum absolute atomic E-state index is 12.1. The van der Waals surface area contributed by atoms with E-state index in [9.17, 15) is 24.8 Å². The standard InChI is InChI=1S/C17H11NO6/c19-14(10-4-2-1-3-5-10)13-15(20)17(21)24-16(13)11-6-8-12(9-7-11)18(22)23/h1-9,16,19H/t16-/m0/s1. The van der Waals surface area contributed by atoms with Crippen LogP contribution in [0.4, 0.5) is 5.69 Å². The Morgan fingerprint density at radius 3 is 2.25 bits per heavy atom. The van der Waals surface area contributed by atoms with Crippen LogP contribution < -0.4 is 0 Å². The number of esters is 1. The number of rotatable bonds is 3. The van der Waals surface area contributed by atoms with Crippen molar-refractivity contribution >= 4 is 23.2 Å². The average molecular weight is 325 g/mol. The van der Waals surface area contributed by atoms with Crippen molar-refractivity contribution in [2.75, 3.05) is 0 Å². The summed E-state index contributed by atoms with van der Waals surface area (Å²) >= 11 is 0. The number of aliphatic hydroxyl groups is 1. The first-order chi connectivity index (χ1) is 11.5. The van der Waals surface area contributed by atoms with E-state index >= 15 is 0 Å². The summed E-state index contributed by atoms with van der Waals surface area (Å²) in [7, 11) is 0. The van der Waals surface area contributed by atoms with Crippen LogP contribution in [0.25, 0.3) is 5.76 Å². The van der Waals surface area contributed by atoms with Crippen LogP contribution in [0.1, 0.15) is 17.2 Å². The molecule has 1 N–H and O–H groups in total. The van der Waals surface area contributed by atoms with Crippen molar-refractivity contribution in [1.29, 1.82) is 0 Å². The van der Waals surface area contributed by atoms with Gasteiger partial charge < -0.3 is 9.84 Å². The third kappa shape index (κ3) is 2.63. The molecule has 0 spiro atoms. The second kappa shape index (κ2) is 5.96. The molecule has 1 saturated heterocycles. The lowest BCUT2D eigenvalue weighted by Crippen LogP contribution is -2.08. The number of hydrogen-bond donors (Lipinski definition) is 1. The van der Waals surface area contributed by atoms with Crippen molar-refractivity contribution in [3.05, 3.63) is 81.4 Å². The van der Waals surface area contributed by atoms with Gasteiger partial charge in [0.2, 0.25) is 0 Å². The molecule has 0 radical (unpaired) electrons. The Morgan fingerprint density at radius 2 is 1.67 bits per heavy atom. The summed E-state index contributed by atoms with van der Waals surface area (Å²) in [6.07, 6.45) is -1.11. The van der Waals surface area contributed by atoms with E-state index in [1.807, 2.05) is 0 Å². The zero-order chi connectivity index (χ0) is 17.3. The van der Waals surface area contributed by atoms with E-state index in [2.05, 4.69) is 0 Å². The van der Waals surface area contributed by atoms with Gasteiger partial charge in [0.15, 0.2) is 6.10 Å². The quantitative estimate of drug-likeness (QED) is 0.232. The van der Waals surface area contributed by atoms with Crippen LogP contribution in [0.3, 0.4) is 0 Å². The van der Waals surface area contributed by atoms with Gasteiger partial charge >= 0.3 is 5.97 Å². The molecule has 1 heterocycles. The summed E-state index contributed by atoms with van der Waals surface area (Å²) < 4.78 is 5.04. The molecule has 2 aromatic rings. The Kier molecular flexibility index (Phi) is 3.83. The van der Waals surface area contributed by atoms with Crippen LogP contribution >= 0.6 is 0 Å². The number of nitro benzene ring substituents is 1. The molecule has 2 aromatic carbocycles. The van der Waals surface area contributed by atoms with Gasteiger partial charge in [-0.3, -0.25) is 14.9 Å². The third-order valence-corrected chi connectivity index (χ3v) is 3.63. The molecule has 7 heteroatoms. The first-order valence-electron chi connectivity index (χ1n) is 6.97. The summed E-state index contributed by atoms with van der Waals surface area (Å²) in [5.41, 5.74) is 0.413. The number of carbonyl (C=O) groups excluding carboxylic acids is 2. The zero-order valence-electron chi connectivity index (χ0n) is 12.2. The van der Waals surface area contributed by atoms with E-state index in [1.54, 1.807) is 30.3 Å². The topological polar surface area (TPSA) is 107 Å². The van der Waals surface area contributed by atoms with Crippen LogP contribution in [0.2, 0.25) is 0 Å². The number of benzene rings is 2. The Morgan fingerprint density at radius 1 is 1.04 bits per heavy atom. The minimum atomic E-state index is -1.11. The summed E-state index contributed by atoms with van der Waals surface area (Å²) in [5, 5.41) is 21.1. The predicted molar refractivity (Wildman–Crippen MR) is 82.9 cm³/mol. The van der Waals surface area contributed by atoms with E-state index in [4.69, 9.17) is 4.74 Å². The van der Waals surface area contributed by atoms with Crippen molar-refractivity contribution in [3.63, 3.8) is 0 Å². The molecule has 0 unspecified atom stereocenters. The number of Topliss-reactive ketones (excluding diaryl/α,β-unsaturated/α-hetero) is 1. The number of nitro groups is 1. The Hall–Kier alpha value is -3.48. The number of ether oxygens (including phenoxy) is 1. The van der Waals surface area contributed by atoms with E-state index in [0.29, 0.717) is 11.1 Å². The van der Waals surface area contributed by atoms with Gasteiger partial charge in [0.05, 0.1) is 10.5 Å². The number of non-ortho nitro benzene ring substituents is 1. The van der Waals surface area contributed by atoms with Crippen molar-refractivity contribution in [3.8, 4) is 0 Å². The van der Waals surface area contributed by atoms with Crippen molar-refractivity contribution in [1.82, 2.24) is 0 Å². The zero-order valence-corrected chi connectivity index (χ0v) is 12.2. The lowest BCUT2D eigenvalue weighted by atomic mass is 9.96. The SMILES string of the molecule is O=C1O[C@@H](c2ccc([N+](=O)[O-])cc2)C(=C(O)c2ccccc2)C1=O. The summed E-state index contributed by atoms with van der Waals surface area (Å²) in [6.45, 7) is 0. The number of carbonyl (C=O) groups is 2. The number of ketones is 1. The number of hydrogen-bond acceptors (Lipinski definition) is 6. The summed E-state index contributed by atoms with van der Waals surface area (Å²) in [5.74, 6) is -2.36. The highest BCUT2D eigenvalue weighted by Gasteiger charge is 2.42. The van der Waals surface area contributed by atoms with Crippen LogP contribution in [0, 0.1) is 10.1 Å². The van der Waals surface area contributed by atoms with Gasteiger partial charge in [-0.1, -0.05) is 30.3 Å². The van der Waals surface area contributed by atoms with Gasteiger partial charge in [-0.05, 0) is 17.7 Å². The van der Waals surface area contributed by atoms with E-state index in [-0.39, 0.29) is 17.0 Å². The van der Waals surface area contributed by atoms with Crippen LogP contribution in [-0.4, -0.2) is 21.8 Å². The number of nitrogens with zero attached hydrogens (tertiary/aromatic N) is 1. The first-order valence-corrected chi connectivity index (χ1v) is 6.97. The molecule has 0 aromatic heterocycles. The third-order valence-electron chi connectivity index (χ3n) is 3.63. The van der Waals surface area contributed by atoms with E-state index < -0.39 is 22.8 Å². The highest BCUT2D eigenvalue weighted by molar-refractivity contribution is 6.44. The number of cyclic esters (lactones) is 1. The molecule has 24 heavy (non-hydrogen) atoms. The molecular formula is C17H11NO6. The van der Waals surface area contributed by atoms with Crippen LogP contribution in [0.15, 0.2) is 60.2 Å². The fourth-order valence-electron chi connectivity index (χ4n) is 2.44. The van der Waals surface area contributed by atoms with Crippen molar-refractivity contribution in [2.45, 2.75) is 6.10 Å².